The van der Waals surface area contributed by atoms with Crippen molar-refractivity contribution in [3.63, 3.8) is 0 Å². The summed E-state index contributed by atoms with van der Waals surface area (Å²) in [7, 11) is 0. The fraction of sp³-hybridized carbons (Fsp3) is 0.364. The van der Waals surface area contributed by atoms with Gasteiger partial charge in [-0.25, -0.2) is 4.63 Å². The maximum absolute atomic E-state index is 10.9. The van der Waals surface area contributed by atoms with Gasteiger partial charge in [0.25, 0.3) is 0 Å². The number of carboxylic acid groups (broad SMARTS) is 1. The SMILES string of the molecule is O=C(O)CC1CN(c2ccc([N+](=O)[O-])c3nonc23)C1. The van der Waals surface area contributed by atoms with E-state index in [1.165, 1.54) is 6.07 Å². The minimum absolute atomic E-state index is 0.0811. The van der Waals surface area contributed by atoms with E-state index in [0.717, 1.165) is 0 Å². The van der Waals surface area contributed by atoms with Gasteiger partial charge in [0.05, 0.1) is 17.0 Å². The number of carboxylic acids is 1. The van der Waals surface area contributed by atoms with Gasteiger partial charge in [-0.2, -0.15) is 0 Å². The van der Waals surface area contributed by atoms with Gasteiger partial charge >= 0.3 is 11.7 Å². The number of anilines is 1. The van der Waals surface area contributed by atoms with Crippen molar-refractivity contribution in [2.75, 3.05) is 18.0 Å². The van der Waals surface area contributed by atoms with Crippen molar-refractivity contribution in [3.8, 4) is 0 Å². The van der Waals surface area contributed by atoms with Crippen LogP contribution in [0, 0.1) is 16.0 Å². The van der Waals surface area contributed by atoms with Crippen LogP contribution < -0.4 is 4.90 Å². The van der Waals surface area contributed by atoms with E-state index in [4.69, 9.17) is 5.11 Å². The molecule has 2 aromatic rings. The summed E-state index contributed by atoms with van der Waals surface area (Å²) in [6.45, 7) is 1.15. The third-order valence-corrected chi connectivity index (χ3v) is 3.33. The van der Waals surface area contributed by atoms with E-state index in [9.17, 15) is 14.9 Å². The molecule has 0 saturated carbocycles. The van der Waals surface area contributed by atoms with Crippen LogP contribution in [0.1, 0.15) is 6.42 Å². The van der Waals surface area contributed by atoms with Crippen LogP contribution in [0.15, 0.2) is 16.8 Å². The predicted octanol–water partition coefficient (Wildman–Crippen LogP) is 1.04. The van der Waals surface area contributed by atoms with Crippen LogP contribution in [0.2, 0.25) is 0 Å². The normalized spacial score (nSPS) is 15.3. The fourth-order valence-electron chi connectivity index (χ4n) is 2.39. The number of carbonyl (C=O) groups is 1. The molecule has 0 amide bonds. The van der Waals surface area contributed by atoms with Gasteiger partial charge in [-0.1, -0.05) is 0 Å². The molecule has 1 saturated heterocycles. The van der Waals surface area contributed by atoms with Gasteiger partial charge in [0.2, 0.25) is 5.52 Å². The monoisotopic (exact) mass is 278 g/mol. The van der Waals surface area contributed by atoms with Crippen molar-refractivity contribution in [1.82, 2.24) is 10.3 Å². The largest absolute Gasteiger partial charge is 0.481 e. The molecule has 1 aromatic heterocycles. The molecule has 1 fully saturated rings. The Morgan fingerprint density at radius 1 is 1.45 bits per heavy atom. The quantitative estimate of drug-likeness (QED) is 0.650. The van der Waals surface area contributed by atoms with Crippen molar-refractivity contribution in [1.29, 1.82) is 0 Å². The third kappa shape index (κ3) is 1.92. The van der Waals surface area contributed by atoms with Crippen molar-refractivity contribution < 1.29 is 19.5 Å². The lowest BCUT2D eigenvalue weighted by Crippen LogP contribution is -2.47. The summed E-state index contributed by atoms with van der Waals surface area (Å²) >= 11 is 0. The third-order valence-electron chi connectivity index (χ3n) is 3.33. The molecule has 9 nitrogen and oxygen atoms in total. The van der Waals surface area contributed by atoms with E-state index in [2.05, 4.69) is 14.9 Å². The summed E-state index contributed by atoms with van der Waals surface area (Å²) in [4.78, 5) is 22.8. The second-order valence-corrected chi connectivity index (χ2v) is 4.69. The summed E-state index contributed by atoms with van der Waals surface area (Å²) in [6, 6.07) is 2.94. The van der Waals surface area contributed by atoms with Crippen LogP contribution >= 0.6 is 0 Å². The molecule has 0 unspecified atom stereocenters. The molecule has 0 aliphatic carbocycles. The van der Waals surface area contributed by atoms with Gasteiger partial charge in [0.1, 0.15) is 0 Å². The Morgan fingerprint density at radius 3 is 2.80 bits per heavy atom. The Hall–Kier alpha value is -2.71. The average Bonchev–Trinajstić information content (AvgIpc) is 2.80. The zero-order chi connectivity index (χ0) is 14.3. The minimum Gasteiger partial charge on any atom is -0.481 e. The summed E-state index contributed by atoms with van der Waals surface area (Å²) in [5.74, 6) is -0.746. The smallest absolute Gasteiger partial charge is 0.303 e. The molecule has 1 aliphatic rings. The molecule has 0 atom stereocenters. The molecule has 104 valence electrons. The maximum atomic E-state index is 10.9. The molecule has 1 aliphatic heterocycles. The standard InChI is InChI=1S/C11H10N4O5/c16-9(17)3-6-4-14(5-6)7-1-2-8(15(18)19)11-10(7)12-20-13-11/h1-2,6H,3-5H2,(H,16,17). The molecule has 3 rings (SSSR count). The maximum Gasteiger partial charge on any atom is 0.303 e. The van der Waals surface area contributed by atoms with Gasteiger partial charge in [-0.15, -0.1) is 0 Å². The molecular formula is C11H10N4O5. The lowest BCUT2D eigenvalue weighted by atomic mass is 9.95. The number of hydrogen-bond donors (Lipinski definition) is 1. The number of nitro benzene ring substituents is 1. The average molecular weight is 278 g/mol. The van der Waals surface area contributed by atoms with Crippen molar-refractivity contribution in [2.24, 2.45) is 5.92 Å². The molecule has 0 bridgehead atoms. The minimum atomic E-state index is -0.827. The summed E-state index contributed by atoms with van der Waals surface area (Å²) < 4.78 is 4.58. The topological polar surface area (TPSA) is 123 Å². The number of nitrogens with zero attached hydrogens (tertiary/aromatic N) is 4. The second-order valence-electron chi connectivity index (χ2n) is 4.69. The lowest BCUT2D eigenvalue weighted by Gasteiger charge is -2.40. The number of rotatable bonds is 4. The van der Waals surface area contributed by atoms with E-state index < -0.39 is 10.9 Å². The number of benzene rings is 1. The molecule has 9 heteroatoms. The van der Waals surface area contributed by atoms with E-state index in [0.29, 0.717) is 24.3 Å². The summed E-state index contributed by atoms with van der Waals surface area (Å²) in [6.07, 6.45) is 0.115. The van der Waals surface area contributed by atoms with Gasteiger partial charge in [-0.3, -0.25) is 14.9 Å². The number of nitro groups is 1. The van der Waals surface area contributed by atoms with Gasteiger partial charge < -0.3 is 10.0 Å². The van der Waals surface area contributed by atoms with Gasteiger partial charge in [0, 0.05) is 25.1 Å². The highest BCUT2D eigenvalue weighted by Gasteiger charge is 2.32. The highest BCUT2D eigenvalue weighted by molar-refractivity contribution is 5.94. The highest BCUT2D eigenvalue weighted by Crippen LogP contribution is 2.35. The van der Waals surface area contributed by atoms with E-state index in [1.54, 1.807) is 6.07 Å². The van der Waals surface area contributed by atoms with Crippen LogP contribution in [0.5, 0.6) is 0 Å². The number of aromatic nitrogens is 2. The fourth-order valence-corrected chi connectivity index (χ4v) is 2.39. The first-order valence-electron chi connectivity index (χ1n) is 5.92. The van der Waals surface area contributed by atoms with Crippen molar-refractivity contribution >= 4 is 28.4 Å². The molecule has 1 aromatic carbocycles. The van der Waals surface area contributed by atoms with Crippen molar-refractivity contribution in [2.45, 2.75) is 6.42 Å². The molecule has 20 heavy (non-hydrogen) atoms. The highest BCUT2D eigenvalue weighted by atomic mass is 16.6. The van der Waals surface area contributed by atoms with Gasteiger partial charge in [0.15, 0.2) is 5.52 Å². The summed E-state index contributed by atoms with van der Waals surface area (Å²) in [5, 5.41) is 26.8. The number of non-ortho nitro benzene ring substituents is 1. The Kier molecular flexibility index (Phi) is 2.74. The molecular weight excluding hydrogens is 268 g/mol. The Labute approximate surface area is 111 Å². The van der Waals surface area contributed by atoms with Crippen LogP contribution in [0.4, 0.5) is 11.4 Å². The first kappa shape index (κ1) is 12.3. The van der Waals surface area contributed by atoms with Gasteiger partial charge in [-0.05, 0) is 16.4 Å². The number of aliphatic carboxylic acids is 1. The Bertz CT molecular complexity index is 691. The zero-order valence-electron chi connectivity index (χ0n) is 10.2. The molecule has 1 N–H and O–H groups in total. The van der Waals surface area contributed by atoms with Crippen LogP contribution in [0.25, 0.3) is 11.0 Å². The van der Waals surface area contributed by atoms with Crippen LogP contribution in [-0.2, 0) is 4.79 Å². The number of hydrogen-bond acceptors (Lipinski definition) is 7. The molecule has 0 radical (unpaired) electrons. The van der Waals surface area contributed by atoms with E-state index in [1.807, 2.05) is 4.90 Å². The zero-order valence-corrected chi connectivity index (χ0v) is 10.2. The second kappa shape index (κ2) is 4.44. The predicted molar refractivity (Wildman–Crippen MR) is 66.4 cm³/mol. The Morgan fingerprint density at radius 2 is 2.15 bits per heavy atom. The molecule has 2 heterocycles. The first-order chi connectivity index (χ1) is 9.56. The van der Waals surface area contributed by atoms with Crippen molar-refractivity contribution in [3.05, 3.63) is 22.2 Å². The summed E-state index contributed by atoms with van der Waals surface area (Å²) in [5.41, 5.74) is 0.947. The molecule has 0 spiro atoms. The van der Waals surface area contributed by atoms with Crippen LogP contribution in [-0.4, -0.2) is 39.4 Å². The van der Waals surface area contributed by atoms with E-state index in [-0.39, 0.29) is 23.5 Å². The van der Waals surface area contributed by atoms with Crippen LogP contribution in [0.3, 0.4) is 0 Å². The van der Waals surface area contributed by atoms with E-state index >= 15 is 0 Å². The Balaban J connectivity index is 1.88. The lowest BCUT2D eigenvalue weighted by molar-refractivity contribution is -0.383. The number of fused-ring (bicyclic) bond motifs is 1. The first-order valence-corrected chi connectivity index (χ1v) is 5.92.